The summed E-state index contributed by atoms with van der Waals surface area (Å²) in [6.07, 6.45) is 0.797. The summed E-state index contributed by atoms with van der Waals surface area (Å²) in [6.45, 7) is 4.26. The van der Waals surface area contributed by atoms with Gasteiger partial charge >= 0.3 is 0 Å². The Hall–Kier alpha value is -2.02. The maximum absolute atomic E-state index is 12.2. The Balaban J connectivity index is 3.01. The van der Waals surface area contributed by atoms with Crippen LogP contribution in [0.5, 0.6) is 5.75 Å². The van der Waals surface area contributed by atoms with Crippen LogP contribution in [-0.2, 0) is 0 Å². The molecule has 0 bridgehead atoms. The summed E-state index contributed by atoms with van der Waals surface area (Å²) in [6, 6.07) is 6.82. The molecule has 1 amide bonds. The summed E-state index contributed by atoms with van der Waals surface area (Å²) >= 11 is 0. The second-order valence-electron chi connectivity index (χ2n) is 3.83. The fourth-order valence-electron chi connectivity index (χ4n) is 1.63. The molecule has 0 heterocycles. The molecule has 0 aliphatic heterocycles. The first kappa shape index (κ1) is 13.0. The molecule has 1 aromatic rings. The molecule has 17 heavy (non-hydrogen) atoms. The van der Waals surface area contributed by atoms with Crippen molar-refractivity contribution in [2.75, 3.05) is 13.1 Å². The van der Waals surface area contributed by atoms with E-state index in [2.05, 4.69) is 0 Å². The van der Waals surface area contributed by atoms with Crippen molar-refractivity contribution in [2.45, 2.75) is 20.3 Å². The quantitative estimate of drug-likeness (QED) is 0.808. The summed E-state index contributed by atoms with van der Waals surface area (Å²) in [4.78, 5) is 13.6. The van der Waals surface area contributed by atoms with Gasteiger partial charge in [0.1, 0.15) is 12.3 Å². The molecule has 0 spiro atoms. The fraction of sp³-hybridized carbons (Fsp3) is 0.385. The Bertz CT molecular complexity index is 449. The van der Waals surface area contributed by atoms with Crippen LogP contribution in [0.4, 0.5) is 0 Å². The van der Waals surface area contributed by atoms with Crippen LogP contribution in [0.3, 0.4) is 0 Å². The number of nitriles is 1. The maximum Gasteiger partial charge on any atom is 0.255 e. The molecule has 1 rings (SSSR count). The van der Waals surface area contributed by atoms with Gasteiger partial charge < -0.3 is 10.0 Å². The second-order valence-corrected chi connectivity index (χ2v) is 3.83. The topological polar surface area (TPSA) is 64.3 Å². The van der Waals surface area contributed by atoms with Gasteiger partial charge in [0.2, 0.25) is 0 Å². The smallest absolute Gasteiger partial charge is 0.255 e. The summed E-state index contributed by atoms with van der Waals surface area (Å²) < 4.78 is 0. The number of phenolic OH excluding ortho intramolecular Hbond substituents is 1. The van der Waals surface area contributed by atoms with Gasteiger partial charge in [-0.25, -0.2) is 0 Å². The average Bonchev–Trinajstić information content (AvgIpc) is 2.31. The first-order valence-electron chi connectivity index (χ1n) is 5.56. The number of hydrogen-bond acceptors (Lipinski definition) is 3. The molecular formula is C13H16N2O2. The van der Waals surface area contributed by atoms with Gasteiger partial charge in [-0.2, -0.15) is 5.26 Å². The Kier molecular flexibility index (Phi) is 4.53. The lowest BCUT2D eigenvalue weighted by atomic mass is 10.1. The van der Waals surface area contributed by atoms with Gasteiger partial charge in [0.25, 0.3) is 5.91 Å². The van der Waals surface area contributed by atoms with E-state index in [0.717, 1.165) is 6.42 Å². The number of benzene rings is 1. The molecule has 0 saturated carbocycles. The fourth-order valence-corrected chi connectivity index (χ4v) is 1.63. The summed E-state index contributed by atoms with van der Waals surface area (Å²) in [5.41, 5.74) is 1.00. The standard InChI is InChI=1S/C13H16N2O2/c1-3-8-15(9-7-14)13(17)11-5-4-6-12(16)10(11)2/h4-6,16H,3,8-9H2,1-2H3. The molecule has 1 N–H and O–H groups in total. The molecule has 0 radical (unpaired) electrons. The van der Waals surface area contributed by atoms with Crippen molar-refractivity contribution < 1.29 is 9.90 Å². The number of aromatic hydroxyl groups is 1. The largest absolute Gasteiger partial charge is 0.508 e. The van der Waals surface area contributed by atoms with Crippen molar-refractivity contribution in [2.24, 2.45) is 0 Å². The van der Waals surface area contributed by atoms with E-state index in [1.54, 1.807) is 25.1 Å². The maximum atomic E-state index is 12.2. The zero-order chi connectivity index (χ0) is 12.8. The zero-order valence-corrected chi connectivity index (χ0v) is 10.1. The van der Waals surface area contributed by atoms with Crippen LogP contribution < -0.4 is 0 Å². The minimum atomic E-state index is -0.207. The van der Waals surface area contributed by atoms with E-state index < -0.39 is 0 Å². The molecule has 1 aromatic carbocycles. The van der Waals surface area contributed by atoms with E-state index in [9.17, 15) is 9.90 Å². The minimum absolute atomic E-state index is 0.0712. The SMILES string of the molecule is CCCN(CC#N)C(=O)c1cccc(O)c1C. The lowest BCUT2D eigenvalue weighted by molar-refractivity contribution is 0.0775. The lowest BCUT2D eigenvalue weighted by Gasteiger charge is -2.19. The third-order valence-electron chi connectivity index (χ3n) is 2.58. The van der Waals surface area contributed by atoms with E-state index in [0.29, 0.717) is 17.7 Å². The number of nitrogens with zero attached hydrogens (tertiary/aromatic N) is 2. The monoisotopic (exact) mass is 232 g/mol. The molecule has 0 aromatic heterocycles. The molecular weight excluding hydrogens is 216 g/mol. The van der Waals surface area contributed by atoms with Crippen molar-refractivity contribution in [3.63, 3.8) is 0 Å². The Morgan fingerprint density at radius 2 is 2.24 bits per heavy atom. The molecule has 90 valence electrons. The highest BCUT2D eigenvalue weighted by Gasteiger charge is 2.17. The molecule has 0 saturated heterocycles. The Morgan fingerprint density at radius 1 is 1.53 bits per heavy atom. The Morgan fingerprint density at radius 3 is 2.82 bits per heavy atom. The molecule has 0 aliphatic carbocycles. The first-order chi connectivity index (χ1) is 8.11. The third-order valence-corrected chi connectivity index (χ3v) is 2.58. The number of carbonyl (C=O) groups is 1. The van der Waals surface area contributed by atoms with Crippen molar-refractivity contribution in [1.82, 2.24) is 4.90 Å². The van der Waals surface area contributed by atoms with Gasteiger partial charge in [-0.1, -0.05) is 13.0 Å². The number of phenols is 1. The highest BCUT2D eigenvalue weighted by molar-refractivity contribution is 5.96. The van der Waals surface area contributed by atoms with E-state index in [4.69, 9.17) is 5.26 Å². The number of rotatable bonds is 4. The van der Waals surface area contributed by atoms with E-state index in [1.807, 2.05) is 13.0 Å². The van der Waals surface area contributed by atoms with Crippen molar-refractivity contribution in [1.29, 1.82) is 5.26 Å². The van der Waals surface area contributed by atoms with E-state index in [1.165, 1.54) is 4.90 Å². The van der Waals surface area contributed by atoms with Gasteiger partial charge in [0.05, 0.1) is 6.07 Å². The van der Waals surface area contributed by atoms with Crippen molar-refractivity contribution in [3.8, 4) is 11.8 Å². The zero-order valence-electron chi connectivity index (χ0n) is 10.1. The summed E-state index contributed by atoms with van der Waals surface area (Å²) in [5.74, 6) is -0.106. The van der Waals surface area contributed by atoms with Crippen LogP contribution in [0, 0.1) is 18.3 Å². The van der Waals surface area contributed by atoms with Crippen molar-refractivity contribution >= 4 is 5.91 Å². The highest BCUT2D eigenvalue weighted by Crippen LogP contribution is 2.20. The molecule has 4 heteroatoms. The Labute approximate surface area is 101 Å². The summed E-state index contributed by atoms with van der Waals surface area (Å²) in [5, 5.41) is 18.2. The minimum Gasteiger partial charge on any atom is -0.508 e. The predicted octanol–water partition coefficient (Wildman–Crippen LogP) is 2.08. The molecule has 0 aliphatic rings. The highest BCUT2D eigenvalue weighted by atomic mass is 16.3. The van der Waals surface area contributed by atoms with Crippen LogP contribution >= 0.6 is 0 Å². The predicted molar refractivity (Wildman–Crippen MR) is 64.7 cm³/mol. The summed E-state index contributed by atoms with van der Waals surface area (Å²) in [7, 11) is 0. The van der Waals surface area contributed by atoms with Crippen LogP contribution in [0.1, 0.15) is 29.3 Å². The van der Waals surface area contributed by atoms with E-state index in [-0.39, 0.29) is 18.2 Å². The third kappa shape index (κ3) is 2.97. The van der Waals surface area contributed by atoms with Crippen LogP contribution in [0.25, 0.3) is 0 Å². The first-order valence-corrected chi connectivity index (χ1v) is 5.56. The molecule has 4 nitrogen and oxygen atoms in total. The number of amides is 1. The van der Waals surface area contributed by atoms with Gasteiger partial charge in [-0.05, 0) is 25.5 Å². The normalized spacial score (nSPS) is 9.71. The van der Waals surface area contributed by atoms with Crippen LogP contribution in [-0.4, -0.2) is 29.0 Å². The molecule has 0 unspecified atom stereocenters. The number of hydrogen-bond donors (Lipinski definition) is 1. The number of carbonyl (C=O) groups excluding carboxylic acids is 1. The van der Waals surface area contributed by atoms with Gasteiger partial charge in [0.15, 0.2) is 0 Å². The molecule has 0 atom stereocenters. The average molecular weight is 232 g/mol. The van der Waals surface area contributed by atoms with Gasteiger partial charge in [0, 0.05) is 17.7 Å². The molecule has 0 fully saturated rings. The second kappa shape index (κ2) is 5.90. The van der Waals surface area contributed by atoms with Gasteiger partial charge in [-0.15, -0.1) is 0 Å². The van der Waals surface area contributed by atoms with Crippen LogP contribution in [0.15, 0.2) is 18.2 Å². The lowest BCUT2D eigenvalue weighted by Crippen LogP contribution is -2.32. The van der Waals surface area contributed by atoms with Crippen LogP contribution in [0.2, 0.25) is 0 Å². The van der Waals surface area contributed by atoms with E-state index >= 15 is 0 Å². The van der Waals surface area contributed by atoms with Crippen molar-refractivity contribution in [3.05, 3.63) is 29.3 Å². The van der Waals surface area contributed by atoms with Gasteiger partial charge in [-0.3, -0.25) is 4.79 Å².